The molecule has 3 nitrogen and oxygen atoms in total. The van der Waals surface area contributed by atoms with Crippen molar-refractivity contribution in [1.29, 1.82) is 0 Å². The number of carbonyl (C=O) groups excluding carboxylic acids is 1. The van der Waals surface area contributed by atoms with Crippen LogP contribution in [0.5, 0.6) is 0 Å². The summed E-state index contributed by atoms with van der Waals surface area (Å²) in [7, 11) is 0. The van der Waals surface area contributed by atoms with E-state index >= 15 is 0 Å². The van der Waals surface area contributed by atoms with E-state index in [-0.39, 0.29) is 5.91 Å². The minimum absolute atomic E-state index is 0.152. The van der Waals surface area contributed by atoms with E-state index in [0.29, 0.717) is 12.0 Å². The fraction of sp³-hybridized carbons (Fsp3) is 0.938. The lowest BCUT2D eigenvalue weighted by Gasteiger charge is -2.35. The van der Waals surface area contributed by atoms with Gasteiger partial charge in [-0.1, -0.05) is 26.7 Å². The third-order valence-corrected chi connectivity index (χ3v) is 5.85. The Morgan fingerprint density at radius 1 is 1.45 bits per heavy atom. The van der Waals surface area contributed by atoms with E-state index in [1.165, 1.54) is 12.2 Å². The van der Waals surface area contributed by atoms with Crippen molar-refractivity contribution in [3.05, 3.63) is 0 Å². The van der Waals surface area contributed by atoms with Crippen molar-refractivity contribution in [2.45, 2.75) is 71.4 Å². The third kappa shape index (κ3) is 4.66. The maximum absolute atomic E-state index is 12.0. The summed E-state index contributed by atoms with van der Waals surface area (Å²) in [6, 6.07) is 0.302. The van der Waals surface area contributed by atoms with Crippen LogP contribution in [0.3, 0.4) is 0 Å². The molecule has 0 aromatic heterocycles. The van der Waals surface area contributed by atoms with Gasteiger partial charge in [-0.05, 0) is 56.5 Å². The van der Waals surface area contributed by atoms with Gasteiger partial charge in [0.25, 0.3) is 0 Å². The fourth-order valence-corrected chi connectivity index (χ4v) is 4.45. The number of nitrogens with two attached hydrogens (primary N) is 1. The zero-order chi connectivity index (χ0) is 15.2. The molecule has 118 valence electrons. The molecule has 1 aliphatic rings. The number of primary amides is 1. The van der Waals surface area contributed by atoms with Gasteiger partial charge < -0.3 is 11.1 Å². The van der Waals surface area contributed by atoms with E-state index in [1.54, 1.807) is 0 Å². The van der Waals surface area contributed by atoms with Crippen molar-refractivity contribution < 1.29 is 4.79 Å². The molecule has 0 radical (unpaired) electrons. The van der Waals surface area contributed by atoms with Crippen LogP contribution in [0, 0.1) is 11.8 Å². The Bertz CT molecular complexity index is 309. The number of rotatable bonds is 9. The van der Waals surface area contributed by atoms with Crippen LogP contribution in [0.2, 0.25) is 0 Å². The molecule has 0 bridgehead atoms. The lowest BCUT2D eigenvalue weighted by molar-refractivity contribution is -0.126. The molecule has 0 aliphatic heterocycles. The van der Waals surface area contributed by atoms with Gasteiger partial charge in [-0.15, -0.1) is 0 Å². The van der Waals surface area contributed by atoms with E-state index in [9.17, 15) is 4.79 Å². The van der Waals surface area contributed by atoms with Crippen LogP contribution in [0.4, 0.5) is 0 Å². The molecular formula is C16H32N2OS. The Morgan fingerprint density at radius 3 is 2.70 bits per heavy atom. The molecule has 3 unspecified atom stereocenters. The number of nitrogens with one attached hydrogen (secondary N) is 1. The molecule has 0 saturated heterocycles. The zero-order valence-corrected chi connectivity index (χ0v) is 14.4. The Labute approximate surface area is 128 Å². The van der Waals surface area contributed by atoms with Gasteiger partial charge in [0.1, 0.15) is 5.54 Å². The van der Waals surface area contributed by atoms with Crippen molar-refractivity contribution in [2.24, 2.45) is 17.6 Å². The molecule has 3 N–H and O–H groups in total. The Kier molecular flexibility index (Phi) is 7.38. The van der Waals surface area contributed by atoms with Crippen molar-refractivity contribution in [3.63, 3.8) is 0 Å². The molecule has 4 heteroatoms. The van der Waals surface area contributed by atoms with Gasteiger partial charge in [0.15, 0.2) is 0 Å². The normalized spacial score (nSPS) is 27.9. The van der Waals surface area contributed by atoms with Crippen molar-refractivity contribution in [3.8, 4) is 0 Å². The van der Waals surface area contributed by atoms with E-state index in [0.717, 1.165) is 37.4 Å². The van der Waals surface area contributed by atoms with Gasteiger partial charge in [-0.25, -0.2) is 0 Å². The maximum Gasteiger partial charge on any atom is 0.238 e. The summed E-state index contributed by atoms with van der Waals surface area (Å²) in [4.78, 5) is 12.0. The fourth-order valence-electron chi connectivity index (χ4n) is 3.20. The van der Waals surface area contributed by atoms with Gasteiger partial charge in [0.05, 0.1) is 0 Å². The molecule has 1 saturated carbocycles. The molecule has 1 amide bonds. The van der Waals surface area contributed by atoms with E-state index in [1.807, 2.05) is 11.8 Å². The van der Waals surface area contributed by atoms with Crippen LogP contribution in [-0.4, -0.2) is 29.0 Å². The zero-order valence-electron chi connectivity index (χ0n) is 13.6. The van der Waals surface area contributed by atoms with Gasteiger partial charge in [-0.3, -0.25) is 4.79 Å². The molecule has 1 rings (SSSR count). The monoisotopic (exact) mass is 300 g/mol. The SMILES string of the molecule is CCC(C)CSCCC1CCCC1(NC(C)C)C(N)=O. The second-order valence-corrected chi connectivity index (χ2v) is 7.75. The van der Waals surface area contributed by atoms with Crippen molar-refractivity contribution >= 4 is 17.7 Å². The Balaban J connectivity index is 2.51. The quantitative estimate of drug-likeness (QED) is 0.643. The molecule has 0 heterocycles. The molecule has 0 aromatic rings. The number of hydrogen-bond acceptors (Lipinski definition) is 3. The minimum atomic E-state index is -0.453. The highest BCUT2D eigenvalue weighted by molar-refractivity contribution is 7.99. The van der Waals surface area contributed by atoms with E-state index < -0.39 is 5.54 Å². The topological polar surface area (TPSA) is 55.1 Å². The van der Waals surface area contributed by atoms with Crippen LogP contribution in [0.25, 0.3) is 0 Å². The first-order valence-corrected chi connectivity index (χ1v) is 9.23. The molecule has 1 fully saturated rings. The average molecular weight is 301 g/mol. The first-order chi connectivity index (χ1) is 9.42. The summed E-state index contributed by atoms with van der Waals surface area (Å²) >= 11 is 2.02. The highest BCUT2D eigenvalue weighted by Gasteiger charge is 2.47. The maximum atomic E-state index is 12.0. The number of hydrogen-bond donors (Lipinski definition) is 2. The van der Waals surface area contributed by atoms with Gasteiger partial charge in [-0.2, -0.15) is 11.8 Å². The van der Waals surface area contributed by atoms with Gasteiger partial charge >= 0.3 is 0 Å². The second kappa shape index (κ2) is 8.28. The summed E-state index contributed by atoms with van der Waals surface area (Å²) < 4.78 is 0. The van der Waals surface area contributed by atoms with E-state index in [2.05, 4.69) is 33.0 Å². The van der Waals surface area contributed by atoms with Crippen molar-refractivity contribution in [2.75, 3.05) is 11.5 Å². The largest absolute Gasteiger partial charge is 0.368 e. The lowest BCUT2D eigenvalue weighted by Crippen LogP contribution is -2.60. The van der Waals surface area contributed by atoms with Gasteiger partial charge in [0, 0.05) is 6.04 Å². The Morgan fingerprint density at radius 2 is 2.15 bits per heavy atom. The smallest absolute Gasteiger partial charge is 0.238 e. The lowest BCUT2D eigenvalue weighted by atomic mass is 9.83. The van der Waals surface area contributed by atoms with Crippen LogP contribution in [-0.2, 0) is 4.79 Å². The first kappa shape index (κ1) is 17.8. The van der Waals surface area contributed by atoms with Crippen LogP contribution in [0.1, 0.15) is 59.8 Å². The number of thioether (sulfide) groups is 1. The number of carbonyl (C=O) groups is 1. The molecule has 3 atom stereocenters. The number of amides is 1. The highest BCUT2D eigenvalue weighted by atomic mass is 32.2. The Hall–Kier alpha value is -0.220. The summed E-state index contributed by atoms with van der Waals surface area (Å²) in [5.74, 6) is 3.42. The van der Waals surface area contributed by atoms with Crippen molar-refractivity contribution in [1.82, 2.24) is 5.32 Å². The molecular weight excluding hydrogens is 268 g/mol. The summed E-state index contributed by atoms with van der Waals surface area (Å²) in [6.07, 6.45) is 5.50. The third-order valence-electron chi connectivity index (χ3n) is 4.52. The summed E-state index contributed by atoms with van der Waals surface area (Å²) in [6.45, 7) is 8.74. The highest BCUT2D eigenvalue weighted by Crippen LogP contribution is 2.39. The molecule has 1 aliphatic carbocycles. The predicted molar refractivity (Wildman–Crippen MR) is 88.9 cm³/mol. The minimum Gasteiger partial charge on any atom is -0.368 e. The van der Waals surface area contributed by atoms with Crippen LogP contribution < -0.4 is 11.1 Å². The predicted octanol–water partition coefficient (Wildman–Crippen LogP) is 3.18. The average Bonchev–Trinajstić information content (AvgIpc) is 2.77. The second-order valence-electron chi connectivity index (χ2n) is 6.60. The van der Waals surface area contributed by atoms with Gasteiger partial charge in [0.2, 0.25) is 5.91 Å². The first-order valence-electron chi connectivity index (χ1n) is 8.07. The molecule has 0 aromatic carbocycles. The molecule has 0 spiro atoms. The van der Waals surface area contributed by atoms with E-state index in [4.69, 9.17) is 5.73 Å². The summed E-state index contributed by atoms with van der Waals surface area (Å²) in [5.41, 5.74) is 5.28. The summed E-state index contributed by atoms with van der Waals surface area (Å²) in [5, 5.41) is 3.48. The van der Waals surface area contributed by atoms with Crippen LogP contribution >= 0.6 is 11.8 Å². The molecule has 20 heavy (non-hydrogen) atoms. The van der Waals surface area contributed by atoms with Crippen LogP contribution in [0.15, 0.2) is 0 Å². The standard InChI is InChI=1S/C16H32N2OS/c1-5-13(4)11-20-10-8-14-7-6-9-16(14,15(17)19)18-12(2)3/h12-14,18H,5-11H2,1-4H3,(H2,17,19).